The van der Waals surface area contributed by atoms with Crippen molar-refractivity contribution in [3.8, 4) is 46.3 Å². The molecule has 19 heteroatoms. The maximum Gasteiger partial charge on any atom is 0.331 e. The number of fused-ring (bicyclic) bond motifs is 10. The summed E-state index contributed by atoms with van der Waals surface area (Å²) < 4.78 is 37.1. The molecule has 9 aliphatic rings. The average molecular weight is 955 g/mol. The third-order valence-corrected chi connectivity index (χ3v) is 18.4. The molecule has 9 aliphatic heterocycles. The Morgan fingerprint density at radius 2 is 1.82 bits per heavy atom. The molecule has 5 N–H and O–H groups in total. The van der Waals surface area contributed by atoms with Crippen molar-refractivity contribution in [1.82, 2.24) is 25.8 Å². The fourth-order valence-electron chi connectivity index (χ4n) is 12.5. The number of piperazine rings is 1. The molecule has 0 saturated carbocycles. The predicted molar refractivity (Wildman–Crippen MR) is 246 cm³/mol. The Hall–Kier alpha value is -5.26. The zero-order valence-electron chi connectivity index (χ0n) is 37.9. The summed E-state index contributed by atoms with van der Waals surface area (Å²) in [6, 6.07) is 5.22. The Bertz CT molecular complexity index is 2650. The van der Waals surface area contributed by atoms with E-state index in [0.29, 0.717) is 76.6 Å². The maximum absolute atomic E-state index is 15.0. The zero-order valence-corrected chi connectivity index (χ0v) is 39.6. The number of phenols is 2. The molecule has 3 unspecified atom stereocenters. The molecule has 0 radical (unpaired) electrons. The van der Waals surface area contributed by atoms with Crippen molar-refractivity contribution < 1.29 is 53.0 Å². The second kappa shape index (κ2) is 16.8. The van der Waals surface area contributed by atoms with Crippen LogP contribution in [-0.2, 0) is 32.7 Å². The molecule has 3 aromatic carbocycles. The quantitative estimate of drug-likeness (QED) is 0.0897. The number of unbranched alkanes of at least 4 members (excludes halogenated alkanes) is 1. The normalized spacial score (nSPS) is 31.0. The number of nitrogens with one attached hydrogen (secondary N) is 3. The number of urea groups is 1. The number of carbonyl (C=O) groups is 3. The molecule has 0 aromatic heterocycles. The van der Waals surface area contributed by atoms with Crippen LogP contribution in [0.3, 0.4) is 0 Å². The van der Waals surface area contributed by atoms with Gasteiger partial charge in [-0.05, 0) is 81.0 Å². The number of esters is 2. The Labute approximate surface area is 396 Å². The lowest BCUT2D eigenvalue weighted by atomic mass is 9.71. The van der Waals surface area contributed by atoms with Crippen molar-refractivity contribution in [3.63, 3.8) is 0 Å². The topological polar surface area (TPSA) is 213 Å². The van der Waals surface area contributed by atoms with Gasteiger partial charge in [-0.3, -0.25) is 19.9 Å². The molecule has 0 aliphatic carbocycles. The summed E-state index contributed by atoms with van der Waals surface area (Å²) in [5, 5.41) is 43.7. The van der Waals surface area contributed by atoms with Gasteiger partial charge in [0.15, 0.2) is 40.0 Å². The number of likely N-dealkylation sites (N-methyl/N-ethyl adjacent to an activating group) is 1. The standard InChI is InChI=1S/C48H54N6O11S2/c1-21-12-24-13-27-28(16-49)54-29-17-62-46(58)48(25-15-31(60-4)30(55)14-23(25)10-11-50-48)19-67-45(39(54)38(53(27)3)34(24)40(57)41(21)61-5)36-35(29)44-43(63-20-64-44)22(2)42(36)65-33(56)9-7-6-8-32-37-26(18-66-32)51-47(59)52-37/h12,14-15,26-29,32,37-39,45,50,55,57H,6-11,13,17-20H2,1-5H3,(H2,51,52,59)/t26?,27-,28-,29-,32-,37?,38+,39?,45+,48+/m0/s1. The van der Waals surface area contributed by atoms with Crippen LogP contribution in [0.25, 0.3) is 0 Å². The summed E-state index contributed by atoms with van der Waals surface area (Å²) in [5.41, 5.74) is 4.31. The van der Waals surface area contributed by atoms with Gasteiger partial charge in [-0.25, -0.2) is 9.59 Å². The highest BCUT2D eigenvalue weighted by molar-refractivity contribution is 8.00. The van der Waals surface area contributed by atoms with E-state index in [2.05, 4.69) is 31.8 Å². The number of hydrogen-bond acceptors (Lipinski definition) is 17. The van der Waals surface area contributed by atoms with Crippen molar-refractivity contribution in [3.05, 3.63) is 62.7 Å². The van der Waals surface area contributed by atoms with Gasteiger partial charge in [0.2, 0.25) is 6.79 Å². The number of rotatable bonds is 8. The first-order valence-electron chi connectivity index (χ1n) is 23.0. The van der Waals surface area contributed by atoms with Crippen molar-refractivity contribution in [1.29, 1.82) is 5.26 Å². The van der Waals surface area contributed by atoms with Gasteiger partial charge in [0.1, 0.15) is 18.4 Å². The molecule has 4 fully saturated rings. The highest BCUT2D eigenvalue weighted by Crippen LogP contribution is 2.65. The van der Waals surface area contributed by atoms with Gasteiger partial charge in [0, 0.05) is 64.1 Å². The maximum atomic E-state index is 15.0. The third-order valence-electron chi connectivity index (χ3n) is 15.5. The fourth-order valence-corrected chi connectivity index (χ4v) is 15.7. The second-order valence-corrected chi connectivity index (χ2v) is 21.2. The monoisotopic (exact) mass is 954 g/mol. The summed E-state index contributed by atoms with van der Waals surface area (Å²) in [4.78, 5) is 45.6. The number of phenolic OH excluding ortho intramolecular Hbond substituents is 2. The van der Waals surface area contributed by atoms with Crippen LogP contribution in [0, 0.1) is 25.2 Å². The lowest BCUT2D eigenvalue weighted by Crippen LogP contribution is -2.69. The fraction of sp³-hybridized carbons (Fsp3) is 0.542. The third kappa shape index (κ3) is 6.71. The highest BCUT2D eigenvalue weighted by Gasteiger charge is 2.62. The molecule has 354 valence electrons. The van der Waals surface area contributed by atoms with Crippen molar-refractivity contribution in [2.45, 2.75) is 111 Å². The van der Waals surface area contributed by atoms with E-state index in [1.54, 1.807) is 19.2 Å². The van der Waals surface area contributed by atoms with E-state index in [-0.39, 0.29) is 72.2 Å². The van der Waals surface area contributed by atoms with Gasteiger partial charge in [-0.15, -0.1) is 11.8 Å². The van der Waals surface area contributed by atoms with Crippen LogP contribution >= 0.6 is 23.5 Å². The van der Waals surface area contributed by atoms with E-state index in [1.165, 1.54) is 18.9 Å². The minimum Gasteiger partial charge on any atom is -0.504 e. The van der Waals surface area contributed by atoms with E-state index in [0.717, 1.165) is 35.3 Å². The number of nitrogens with zero attached hydrogens (tertiary/aromatic N) is 3. The smallest absolute Gasteiger partial charge is 0.331 e. The van der Waals surface area contributed by atoms with Crippen molar-refractivity contribution in [2.24, 2.45) is 0 Å². The average Bonchev–Trinajstić information content (AvgIpc) is 4.04. The molecular weight excluding hydrogens is 901 g/mol. The summed E-state index contributed by atoms with van der Waals surface area (Å²) >= 11 is 3.32. The predicted octanol–water partition coefficient (Wildman–Crippen LogP) is 4.69. The number of thioether (sulfide) groups is 2. The number of benzene rings is 3. The summed E-state index contributed by atoms with van der Waals surface area (Å²) in [6.45, 7) is 3.90. The molecule has 4 bridgehead atoms. The number of carbonyl (C=O) groups excluding carboxylic acids is 3. The Morgan fingerprint density at radius 1 is 1.00 bits per heavy atom. The summed E-state index contributed by atoms with van der Waals surface area (Å²) in [6.07, 6.45) is 3.35. The Morgan fingerprint density at radius 3 is 2.61 bits per heavy atom. The molecule has 17 nitrogen and oxygen atoms in total. The van der Waals surface area contributed by atoms with E-state index in [9.17, 15) is 25.1 Å². The first-order chi connectivity index (χ1) is 32.4. The van der Waals surface area contributed by atoms with Crippen LogP contribution in [0.1, 0.15) is 87.5 Å². The van der Waals surface area contributed by atoms with Crippen LogP contribution in [0.15, 0.2) is 18.2 Å². The van der Waals surface area contributed by atoms with Crippen molar-refractivity contribution >= 4 is 41.5 Å². The number of hydrogen-bond donors (Lipinski definition) is 5. The molecule has 1 spiro atoms. The number of nitriles is 1. The lowest BCUT2D eigenvalue weighted by molar-refractivity contribution is -0.157. The first kappa shape index (κ1) is 44.3. The number of methoxy groups -OCH3 is 2. The van der Waals surface area contributed by atoms with Gasteiger partial charge in [-0.2, -0.15) is 17.0 Å². The van der Waals surface area contributed by atoms with Gasteiger partial charge in [-0.1, -0.05) is 12.5 Å². The largest absolute Gasteiger partial charge is 0.504 e. The highest BCUT2D eigenvalue weighted by atomic mass is 32.2. The first-order valence-corrected chi connectivity index (χ1v) is 25.1. The number of aryl methyl sites for hydroxylation is 1. The van der Waals surface area contributed by atoms with Crippen LogP contribution in [0.5, 0.6) is 40.2 Å². The van der Waals surface area contributed by atoms with Gasteiger partial charge in [0.25, 0.3) is 0 Å². The zero-order chi connectivity index (χ0) is 46.6. The van der Waals surface area contributed by atoms with Gasteiger partial charge < -0.3 is 49.3 Å². The van der Waals surface area contributed by atoms with E-state index in [4.69, 9.17) is 28.4 Å². The van der Waals surface area contributed by atoms with E-state index in [1.807, 2.05) is 38.7 Å². The molecule has 9 heterocycles. The van der Waals surface area contributed by atoms with Crippen LogP contribution < -0.4 is 39.6 Å². The Balaban J connectivity index is 1.05. The molecule has 4 saturated heterocycles. The Kier molecular flexibility index (Phi) is 11.1. The summed E-state index contributed by atoms with van der Waals surface area (Å²) in [7, 11) is 5.00. The molecule has 67 heavy (non-hydrogen) atoms. The SMILES string of the molecule is COc1cc2c(cc1O)CCN[C@]21CS[C@@H]2c3c(OC(=O)CCCC[C@@H]4SCC5NC(=O)NC54)c(C)c4c(c3[C@H](COC1=O)N1C2[C@H]2c3c(cc(C)c(OC)c3O)C[C@@H]([C@@H]1C#N)N2C)OCO4. The number of aromatic hydroxyl groups is 2. The number of ether oxygens (including phenoxy) is 6. The summed E-state index contributed by atoms with van der Waals surface area (Å²) in [5.74, 6) is 1.85. The number of amides is 2. The van der Waals surface area contributed by atoms with E-state index < -0.39 is 46.9 Å². The minimum atomic E-state index is -1.40. The lowest BCUT2D eigenvalue weighted by Gasteiger charge is -2.62. The molecule has 3 aromatic rings. The van der Waals surface area contributed by atoms with E-state index >= 15 is 4.79 Å². The van der Waals surface area contributed by atoms with Gasteiger partial charge in [0.05, 0.1) is 49.7 Å². The molecule has 12 rings (SSSR count). The van der Waals surface area contributed by atoms with Crippen LogP contribution in [0.4, 0.5) is 4.79 Å². The van der Waals surface area contributed by atoms with Gasteiger partial charge >= 0.3 is 18.0 Å². The minimum absolute atomic E-state index is 0.0322. The second-order valence-electron chi connectivity index (χ2n) is 18.8. The van der Waals surface area contributed by atoms with Crippen molar-refractivity contribution in [2.75, 3.05) is 52.7 Å². The molecule has 2 amide bonds. The molecule has 10 atom stereocenters. The molecular formula is C48H54N6O11S2. The van der Waals surface area contributed by atoms with Crippen LogP contribution in [-0.4, -0.2) is 126 Å². The van der Waals surface area contributed by atoms with Crippen LogP contribution in [0.2, 0.25) is 0 Å².